The minimum atomic E-state index is -1.66. The van der Waals surface area contributed by atoms with Crippen molar-refractivity contribution in [2.24, 2.45) is 5.73 Å². The van der Waals surface area contributed by atoms with Gasteiger partial charge in [-0.15, -0.1) is 0 Å². The van der Waals surface area contributed by atoms with Crippen LogP contribution in [0.25, 0.3) is 6.08 Å². The lowest BCUT2D eigenvalue weighted by atomic mass is 9.77. The molecule has 0 aliphatic carbocycles. The van der Waals surface area contributed by atoms with Crippen LogP contribution in [0.3, 0.4) is 0 Å². The van der Waals surface area contributed by atoms with Gasteiger partial charge in [0, 0.05) is 6.54 Å². The highest BCUT2D eigenvalue weighted by Gasteiger charge is 2.52. The van der Waals surface area contributed by atoms with E-state index in [1.54, 1.807) is 0 Å². The Labute approximate surface area is 139 Å². The molecule has 1 fully saturated rings. The number of hydrogen-bond donors (Lipinski definition) is 2. The van der Waals surface area contributed by atoms with Crippen LogP contribution in [-0.4, -0.2) is 35.9 Å². The molecule has 2 rings (SSSR count). The Bertz CT molecular complexity index is 664. The van der Waals surface area contributed by atoms with Gasteiger partial charge < -0.3 is 20.1 Å². The molecule has 0 amide bonds. The summed E-state index contributed by atoms with van der Waals surface area (Å²) in [6.45, 7) is 7.56. The van der Waals surface area contributed by atoms with E-state index in [-0.39, 0.29) is 12.1 Å². The maximum Gasteiger partial charge on any atom is 0.491 e. The van der Waals surface area contributed by atoms with Crippen LogP contribution in [0.5, 0.6) is 0 Å². The average Bonchev–Trinajstić information content (AvgIpc) is 2.63. The summed E-state index contributed by atoms with van der Waals surface area (Å²) in [5.41, 5.74) is 4.22. The first-order valence-corrected chi connectivity index (χ1v) is 7.47. The summed E-state index contributed by atoms with van der Waals surface area (Å²) in [6.07, 6.45) is 1.44. The van der Waals surface area contributed by atoms with E-state index in [2.05, 4.69) is 0 Å². The number of benzene rings is 1. The number of carbonyl (C=O) groups is 1. The molecule has 1 saturated heterocycles. The summed E-state index contributed by atoms with van der Waals surface area (Å²) in [4.78, 5) is 10.8. The molecule has 0 radical (unpaired) electrons. The molecule has 1 aromatic rings. The fraction of sp³-hybridized carbons (Fsp3) is 0.438. The zero-order valence-corrected chi connectivity index (χ0v) is 14.0. The van der Waals surface area contributed by atoms with Gasteiger partial charge in [0.15, 0.2) is 0 Å². The van der Waals surface area contributed by atoms with Crippen LogP contribution in [0.4, 0.5) is 8.78 Å². The molecule has 0 atom stereocenters. The quantitative estimate of drug-likeness (QED) is 0.824. The summed E-state index contributed by atoms with van der Waals surface area (Å²) in [6, 6.07) is 1.88. The molecule has 1 aromatic carbocycles. The predicted octanol–water partition coefficient (Wildman–Crippen LogP) is 2.64. The molecule has 130 valence electrons. The van der Waals surface area contributed by atoms with Crippen molar-refractivity contribution in [1.29, 1.82) is 0 Å². The Hall–Kier alpha value is -1.77. The van der Waals surface area contributed by atoms with Crippen molar-refractivity contribution in [3.63, 3.8) is 0 Å². The Morgan fingerprint density at radius 3 is 2.04 bits per heavy atom. The van der Waals surface area contributed by atoms with E-state index < -0.39 is 41.5 Å². The van der Waals surface area contributed by atoms with Gasteiger partial charge in [-0.2, -0.15) is 0 Å². The molecular formula is C16H20BF2NO4. The second-order valence-corrected chi connectivity index (χ2v) is 6.68. The van der Waals surface area contributed by atoms with Gasteiger partial charge in [0.25, 0.3) is 0 Å². The minimum Gasteiger partial charge on any atom is -0.477 e. The lowest BCUT2D eigenvalue weighted by Gasteiger charge is -2.32. The van der Waals surface area contributed by atoms with Crippen LogP contribution in [0, 0.1) is 11.6 Å². The van der Waals surface area contributed by atoms with Crippen molar-refractivity contribution in [2.75, 3.05) is 6.54 Å². The third-order valence-electron chi connectivity index (χ3n) is 4.42. The van der Waals surface area contributed by atoms with E-state index in [1.165, 1.54) is 6.08 Å². The Balaban J connectivity index is 2.37. The second-order valence-electron chi connectivity index (χ2n) is 6.68. The number of rotatable bonds is 4. The lowest BCUT2D eigenvalue weighted by Crippen LogP contribution is -2.41. The first-order chi connectivity index (χ1) is 11.0. The van der Waals surface area contributed by atoms with Gasteiger partial charge in [0.2, 0.25) is 0 Å². The highest BCUT2D eigenvalue weighted by atomic mass is 19.1. The standard InChI is InChI=1S/C16H20BF2NO4/c1-15(2)16(3,4)24-17(23-15)10(8-20)5-9-6-11(18)13(14(21)22)12(19)7-9/h5-7H,8,20H2,1-4H3,(H,21,22). The van der Waals surface area contributed by atoms with E-state index in [0.29, 0.717) is 5.47 Å². The van der Waals surface area contributed by atoms with E-state index in [0.717, 1.165) is 12.1 Å². The molecule has 24 heavy (non-hydrogen) atoms. The highest BCUT2D eigenvalue weighted by molar-refractivity contribution is 6.55. The predicted molar refractivity (Wildman–Crippen MR) is 86.4 cm³/mol. The smallest absolute Gasteiger partial charge is 0.477 e. The normalized spacial score (nSPS) is 19.6. The molecule has 0 spiro atoms. The van der Waals surface area contributed by atoms with Crippen molar-refractivity contribution < 1.29 is 28.0 Å². The van der Waals surface area contributed by atoms with Crippen LogP contribution in [0.1, 0.15) is 43.6 Å². The second kappa shape index (κ2) is 6.27. The number of nitrogens with two attached hydrogens (primary N) is 1. The maximum absolute atomic E-state index is 13.8. The molecule has 0 saturated carbocycles. The summed E-state index contributed by atoms with van der Waals surface area (Å²) in [5.74, 6) is -3.97. The molecule has 1 heterocycles. The number of halogens is 2. The van der Waals surface area contributed by atoms with E-state index in [4.69, 9.17) is 20.1 Å². The van der Waals surface area contributed by atoms with Crippen LogP contribution in [-0.2, 0) is 9.31 Å². The van der Waals surface area contributed by atoms with E-state index in [9.17, 15) is 13.6 Å². The lowest BCUT2D eigenvalue weighted by molar-refractivity contribution is 0.00578. The Morgan fingerprint density at radius 2 is 1.67 bits per heavy atom. The molecule has 8 heteroatoms. The van der Waals surface area contributed by atoms with Crippen molar-refractivity contribution in [2.45, 2.75) is 38.9 Å². The Kier molecular flexibility index (Phi) is 4.85. The summed E-state index contributed by atoms with van der Waals surface area (Å²) in [7, 11) is -0.745. The maximum atomic E-state index is 13.8. The molecular weight excluding hydrogens is 319 g/mol. The summed E-state index contributed by atoms with van der Waals surface area (Å²) in [5, 5.41) is 8.80. The van der Waals surface area contributed by atoms with Crippen molar-refractivity contribution in [3.8, 4) is 0 Å². The zero-order valence-electron chi connectivity index (χ0n) is 14.0. The fourth-order valence-electron chi connectivity index (χ4n) is 2.31. The van der Waals surface area contributed by atoms with Crippen LogP contribution < -0.4 is 5.73 Å². The van der Waals surface area contributed by atoms with Crippen LogP contribution >= 0.6 is 0 Å². The zero-order chi connectivity index (χ0) is 18.3. The first-order valence-electron chi connectivity index (χ1n) is 7.47. The summed E-state index contributed by atoms with van der Waals surface area (Å²) < 4.78 is 39.3. The van der Waals surface area contributed by atoms with Gasteiger partial charge in [-0.05, 0) is 50.9 Å². The van der Waals surface area contributed by atoms with Crippen molar-refractivity contribution in [3.05, 3.63) is 40.4 Å². The van der Waals surface area contributed by atoms with Crippen LogP contribution in [0.15, 0.2) is 17.6 Å². The molecule has 1 aliphatic rings. The van der Waals surface area contributed by atoms with Gasteiger partial charge in [-0.1, -0.05) is 6.08 Å². The van der Waals surface area contributed by atoms with Gasteiger partial charge in [-0.3, -0.25) is 0 Å². The molecule has 0 bridgehead atoms. The number of carboxylic acids is 1. The monoisotopic (exact) mass is 339 g/mol. The van der Waals surface area contributed by atoms with E-state index in [1.807, 2.05) is 27.7 Å². The largest absolute Gasteiger partial charge is 0.491 e. The van der Waals surface area contributed by atoms with Crippen LogP contribution in [0.2, 0.25) is 0 Å². The van der Waals surface area contributed by atoms with Crippen molar-refractivity contribution in [1.82, 2.24) is 0 Å². The Morgan fingerprint density at radius 1 is 1.21 bits per heavy atom. The van der Waals surface area contributed by atoms with Gasteiger partial charge in [0.1, 0.15) is 17.2 Å². The van der Waals surface area contributed by atoms with Gasteiger partial charge in [-0.25, -0.2) is 13.6 Å². The van der Waals surface area contributed by atoms with E-state index >= 15 is 0 Å². The highest BCUT2D eigenvalue weighted by Crippen LogP contribution is 2.38. The number of aromatic carboxylic acids is 1. The number of hydrogen-bond acceptors (Lipinski definition) is 4. The minimum absolute atomic E-state index is 0.0563. The third kappa shape index (κ3) is 3.36. The third-order valence-corrected chi connectivity index (χ3v) is 4.42. The summed E-state index contributed by atoms with van der Waals surface area (Å²) >= 11 is 0. The molecule has 0 aromatic heterocycles. The topological polar surface area (TPSA) is 81.8 Å². The first kappa shape index (κ1) is 18.6. The molecule has 1 aliphatic heterocycles. The molecule has 5 nitrogen and oxygen atoms in total. The average molecular weight is 339 g/mol. The van der Waals surface area contributed by atoms with Gasteiger partial charge >= 0.3 is 13.1 Å². The van der Waals surface area contributed by atoms with Gasteiger partial charge in [0.05, 0.1) is 11.2 Å². The van der Waals surface area contributed by atoms with Crippen molar-refractivity contribution >= 4 is 19.2 Å². The fourth-order valence-corrected chi connectivity index (χ4v) is 2.31. The number of carboxylic acid groups (broad SMARTS) is 1. The SMILES string of the molecule is CC1(C)OB(C(=Cc2cc(F)c(C(=O)O)c(F)c2)CN)OC1(C)C. The molecule has 0 unspecified atom stereocenters. The molecule has 3 N–H and O–H groups in total.